The number of likely N-dealkylation sites (N-methyl/N-ethyl adjacent to an activating group) is 1. The van der Waals surface area contributed by atoms with Crippen molar-refractivity contribution < 1.29 is 19.1 Å². The van der Waals surface area contributed by atoms with E-state index in [0.29, 0.717) is 29.6 Å². The van der Waals surface area contributed by atoms with Crippen LogP contribution >= 0.6 is 0 Å². The van der Waals surface area contributed by atoms with Crippen LogP contribution in [-0.2, 0) is 9.53 Å². The van der Waals surface area contributed by atoms with Crippen molar-refractivity contribution >= 4 is 17.6 Å². The van der Waals surface area contributed by atoms with Gasteiger partial charge in [-0.3, -0.25) is 4.79 Å². The van der Waals surface area contributed by atoms with E-state index in [4.69, 9.17) is 15.2 Å². The van der Waals surface area contributed by atoms with Crippen LogP contribution in [0.4, 0.5) is 5.69 Å². The number of nitrogen functional groups attached to an aromatic ring is 1. The van der Waals surface area contributed by atoms with Gasteiger partial charge < -0.3 is 20.1 Å². The fourth-order valence-electron chi connectivity index (χ4n) is 2.16. The number of nitrogens with zero attached hydrogens (tertiary/aromatic N) is 1. The molecule has 2 rings (SSSR count). The molecule has 1 aromatic carbocycles. The molecule has 0 saturated heterocycles. The van der Waals surface area contributed by atoms with Gasteiger partial charge in [0.1, 0.15) is 5.75 Å². The predicted molar refractivity (Wildman–Crippen MR) is 78.1 cm³/mol. The molecule has 1 saturated carbocycles. The number of rotatable bonds is 6. The van der Waals surface area contributed by atoms with Crippen molar-refractivity contribution in [3.63, 3.8) is 0 Å². The first-order valence-electron chi connectivity index (χ1n) is 6.97. The zero-order chi connectivity index (χ0) is 15.4. The molecule has 1 aromatic rings. The van der Waals surface area contributed by atoms with Gasteiger partial charge in [-0.25, -0.2) is 4.79 Å². The highest BCUT2D eigenvalue weighted by atomic mass is 16.5. The van der Waals surface area contributed by atoms with Crippen LogP contribution in [0.5, 0.6) is 5.75 Å². The van der Waals surface area contributed by atoms with Crippen LogP contribution in [0.3, 0.4) is 0 Å². The summed E-state index contributed by atoms with van der Waals surface area (Å²) in [4.78, 5) is 25.7. The molecule has 1 amide bonds. The van der Waals surface area contributed by atoms with Gasteiger partial charge in [-0.1, -0.05) is 0 Å². The highest BCUT2D eigenvalue weighted by molar-refractivity contribution is 5.92. The molecule has 1 fully saturated rings. The fourth-order valence-corrected chi connectivity index (χ4v) is 2.16. The lowest BCUT2D eigenvalue weighted by Gasteiger charge is -2.20. The molecule has 0 aromatic heterocycles. The van der Waals surface area contributed by atoms with E-state index in [1.165, 1.54) is 13.2 Å². The minimum Gasteiger partial charge on any atom is -0.495 e. The Hall–Kier alpha value is -2.24. The largest absolute Gasteiger partial charge is 0.495 e. The van der Waals surface area contributed by atoms with E-state index in [-0.39, 0.29) is 12.5 Å². The highest BCUT2D eigenvalue weighted by Gasteiger charge is 2.31. The molecule has 0 aliphatic heterocycles. The van der Waals surface area contributed by atoms with Gasteiger partial charge in [0.05, 0.1) is 18.4 Å². The maximum Gasteiger partial charge on any atom is 0.338 e. The summed E-state index contributed by atoms with van der Waals surface area (Å²) in [6, 6.07) is 4.93. The fraction of sp³-hybridized carbons (Fsp3) is 0.467. The molecule has 0 bridgehead atoms. The predicted octanol–water partition coefficient (Wildman–Crippen LogP) is 1.45. The van der Waals surface area contributed by atoms with E-state index in [0.717, 1.165) is 12.8 Å². The van der Waals surface area contributed by atoms with E-state index in [1.807, 2.05) is 6.92 Å². The van der Waals surface area contributed by atoms with Crippen molar-refractivity contribution in [2.75, 3.05) is 26.0 Å². The van der Waals surface area contributed by atoms with Gasteiger partial charge in [0.15, 0.2) is 6.61 Å². The smallest absolute Gasteiger partial charge is 0.338 e. The summed E-state index contributed by atoms with van der Waals surface area (Å²) in [5.41, 5.74) is 6.43. The molecule has 114 valence electrons. The van der Waals surface area contributed by atoms with Crippen LogP contribution in [0.2, 0.25) is 0 Å². The third-order valence-corrected chi connectivity index (χ3v) is 3.44. The molecule has 0 unspecified atom stereocenters. The molecular formula is C15H20N2O4. The van der Waals surface area contributed by atoms with Crippen molar-refractivity contribution in [2.45, 2.75) is 25.8 Å². The Balaban J connectivity index is 1.93. The van der Waals surface area contributed by atoms with Gasteiger partial charge in [0, 0.05) is 12.6 Å². The Bertz CT molecular complexity index is 540. The van der Waals surface area contributed by atoms with Crippen molar-refractivity contribution in [1.82, 2.24) is 4.90 Å². The van der Waals surface area contributed by atoms with Crippen molar-refractivity contribution in [2.24, 2.45) is 0 Å². The maximum atomic E-state index is 12.0. The van der Waals surface area contributed by atoms with Crippen molar-refractivity contribution in [1.29, 1.82) is 0 Å². The molecule has 0 atom stereocenters. The number of hydrogen-bond donors (Lipinski definition) is 1. The number of hydrogen-bond acceptors (Lipinski definition) is 5. The van der Waals surface area contributed by atoms with Gasteiger partial charge >= 0.3 is 5.97 Å². The number of carbonyl (C=O) groups excluding carboxylic acids is 2. The number of esters is 1. The summed E-state index contributed by atoms with van der Waals surface area (Å²) >= 11 is 0. The summed E-state index contributed by atoms with van der Waals surface area (Å²) in [6.07, 6.45) is 2.06. The molecule has 0 heterocycles. The lowest BCUT2D eigenvalue weighted by Crippen LogP contribution is -2.36. The Morgan fingerprint density at radius 2 is 2.10 bits per heavy atom. The Morgan fingerprint density at radius 3 is 2.67 bits per heavy atom. The van der Waals surface area contributed by atoms with Gasteiger partial charge in [-0.2, -0.15) is 0 Å². The van der Waals surface area contributed by atoms with Crippen LogP contribution in [0.15, 0.2) is 18.2 Å². The van der Waals surface area contributed by atoms with Crippen LogP contribution in [-0.4, -0.2) is 43.1 Å². The molecule has 0 spiro atoms. The third kappa shape index (κ3) is 3.65. The molecule has 6 heteroatoms. The molecule has 1 aliphatic rings. The lowest BCUT2D eigenvalue weighted by atomic mass is 10.2. The lowest BCUT2D eigenvalue weighted by molar-refractivity contribution is -0.134. The maximum absolute atomic E-state index is 12.0. The second kappa shape index (κ2) is 6.47. The number of benzene rings is 1. The van der Waals surface area contributed by atoms with Gasteiger partial charge in [-0.05, 0) is 38.0 Å². The van der Waals surface area contributed by atoms with E-state index >= 15 is 0 Å². The van der Waals surface area contributed by atoms with Gasteiger partial charge in [-0.15, -0.1) is 0 Å². The summed E-state index contributed by atoms with van der Waals surface area (Å²) < 4.78 is 10.1. The quantitative estimate of drug-likeness (QED) is 0.634. The average Bonchev–Trinajstić information content (AvgIpc) is 3.30. The van der Waals surface area contributed by atoms with E-state index in [2.05, 4.69) is 0 Å². The third-order valence-electron chi connectivity index (χ3n) is 3.44. The number of amides is 1. The van der Waals surface area contributed by atoms with Crippen LogP contribution in [0.1, 0.15) is 30.1 Å². The molecule has 6 nitrogen and oxygen atoms in total. The van der Waals surface area contributed by atoms with Crippen LogP contribution in [0.25, 0.3) is 0 Å². The second-order valence-corrected chi connectivity index (χ2v) is 4.94. The minimum atomic E-state index is -0.562. The van der Waals surface area contributed by atoms with Crippen LogP contribution in [0, 0.1) is 0 Å². The number of ether oxygens (including phenoxy) is 2. The number of nitrogens with two attached hydrogens (primary N) is 1. The second-order valence-electron chi connectivity index (χ2n) is 4.94. The number of anilines is 1. The summed E-state index contributed by atoms with van der Waals surface area (Å²) in [7, 11) is 1.47. The molecule has 2 N–H and O–H groups in total. The molecular weight excluding hydrogens is 272 g/mol. The average molecular weight is 292 g/mol. The first kappa shape index (κ1) is 15.2. The van der Waals surface area contributed by atoms with E-state index in [9.17, 15) is 9.59 Å². The molecule has 0 radical (unpaired) electrons. The number of carbonyl (C=O) groups is 2. The standard InChI is InChI=1S/C15H20N2O4/c1-3-17(11-5-6-11)14(18)9-21-15(19)10-4-7-12(16)13(8-10)20-2/h4,7-8,11H,3,5-6,9,16H2,1-2H3. The number of methoxy groups -OCH3 is 1. The van der Waals surface area contributed by atoms with Gasteiger partial charge in [0.25, 0.3) is 5.91 Å². The zero-order valence-electron chi connectivity index (χ0n) is 12.3. The Kier molecular flexibility index (Phi) is 4.67. The normalized spacial score (nSPS) is 13.6. The van der Waals surface area contributed by atoms with Crippen LogP contribution < -0.4 is 10.5 Å². The van der Waals surface area contributed by atoms with Crippen molar-refractivity contribution in [3.05, 3.63) is 23.8 Å². The topological polar surface area (TPSA) is 81.9 Å². The SMILES string of the molecule is CCN(C(=O)COC(=O)c1ccc(N)c(OC)c1)C1CC1. The van der Waals surface area contributed by atoms with Gasteiger partial charge in [0.2, 0.25) is 0 Å². The van der Waals surface area contributed by atoms with E-state index < -0.39 is 5.97 Å². The first-order valence-corrected chi connectivity index (χ1v) is 6.97. The summed E-state index contributed by atoms with van der Waals surface area (Å²) in [6.45, 7) is 2.31. The van der Waals surface area contributed by atoms with Crippen molar-refractivity contribution in [3.8, 4) is 5.75 Å². The highest BCUT2D eigenvalue weighted by Crippen LogP contribution is 2.26. The summed E-state index contributed by atoms with van der Waals surface area (Å²) in [5.74, 6) is -0.312. The molecule has 1 aliphatic carbocycles. The summed E-state index contributed by atoms with van der Waals surface area (Å²) in [5, 5.41) is 0. The Labute approximate surface area is 123 Å². The first-order chi connectivity index (χ1) is 10.1. The zero-order valence-corrected chi connectivity index (χ0v) is 12.3. The molecule has 21 heavy (non-hydrogen) atoms. The monoisotopic (exact) mass is 292 g/mol. The van der Waals surface area contributed by atoms with E-state index in [1.54, 1.807) is 17.0 Å². The Morgan fingerprint density at radius 1 is 1.38 bits per heavy atom. The minimum absolute atomic E-state index is 0.157.